The van der Waals surface area contributed by atoms with E-state index in [0.717, 1.165) is 44.2 Å². The molecular weight excluding hydrogens is 314 g/mol. The SMILES string of the molecule is O=S(=O)(N1CCN(CC2CC2)CC1)N1CCC[C@@H]1c1ccco1. The van der Waals surface area contributed by atoms with Crippen LogP contribution in [0.5, 0.6) is 0 Å². The van der Waals surface area contributed by atoms with Gasteiger partial charge >= 0.3 is 0 Å². The summed E-state index contributed by atoms with van der Waals surface area (Å²) in [7, 11) is -3.39. The van der Waals surface area contributed by atoms with Gasteiger partial charge in [-0.3, -0.25) is 0 Å². The van der Waals surface area contributed by atoms with Crippen LogP contribution in [0.3, 0.4) is 0 Å². The summed E-state index contributed by atoms with van der Waals surface area (Å²) >= 11 is 0. The van der Waals surface area contributed by atoms with Crippen LogP contribution in [0, 0.1) is 5.92 Å². The molecule has 128 valence electrons. The fourth-order valence-corrected chi connectivity index (χ4v) is 5.55. The molecule has 0 unspecified atom stereocenters. The van der Waals surface area contributed by atoms with Gasteiger partial charge in [-0.25, -0.2) is 0 Å². The van der Waals surface area contributed by atoms with Crippen molar-refractivity contribution in [3.63, 3.8) is 0 Å². The summed E-state index contributed by atoms with van der Waals surface area (Å²) in [6.45, 7) is 4.67. The highest BCUT2D eigenvalue weighted by Crippen LogP contribution is 2.36. The Morgan fingerprint density at radius 2 is 1.87 bits per heavy atom. The molecule has 2 saturated heterocycles. The summed E-state index contributed by atoms with van der Waals surface area (Å²) < 4.78 is 34.8. The smallest absolute Gasteiger partial charge is 0.282 e. The molecule has 4 rings (SSSR count). The summed E-state index contributed by atoms with van der Waals surface area (Å²) in [6.07, 6.45) is 6.05. The first kappa shape index (κ1) is 15.6. The van der Waals surface area contributed by atoms with Gasteiger partial charge in [-0.2, -0.15) is 17.0 Å². The maximum Gasteiger partial charge on any atom is 0.282 e. The van der Waals surface area contributed by atoms with Crippen LogP contribution in [0.1, 0.15) is 37.5 Å². The van der Waals surface area contributed by atoms with Crippen molar-refractivity contribution in [1.82, 2.24) is 13.5 Å². The zero-order valence-electron chi connectivity index (χ0n) is 13.4. The number of hydrogen-bond acceptors (Lipinski definition) is 4. The van der Waals surface area contributed by atoms with E-state index < -0.39 is 10.2 Å². The molecule has 0 spiro atoms. The van der Waals surface area contributed by atoms with E-state index in [-0.39, 0.29) is 6.04 Å². The molecule has 0 radical (unpaired) electrons. The molecule has 23 heavy (non-hydrogen) atoms. The van der Waals surface area contributed by atoms with Crippen LogP contribution in [-0.4, -0.2) is 61.2 Å². The van der Waals surface area contributed by atoms with E-state index in [4.69, 9.17) is 4.42 Å². The first-order chi connectivity index (χ1) is 11.1. The summed E-state index contributed by atoms with van der Waals surface area (Å²) in [5.74, 6) is 1.62. The van der Waals surface area contributed by atoms with Crippen LogP contribution in [0.25, 0.3) is 0 Å². The van der Waals surface area contributed by atoms with Gasteiger partial charge in [0.05, 0.1) is 12.3 Å². The molecule has 0 N–H and O–H groups in total. The van der Waals surface area contributed by atoms with E-state index in [9.17, 15) is 8.42 Å². The highest BCUT2D eigenvalue weighted by Gasteiger charge is 2.41. The molecule has 3 fully saturated rings. The second-order valence-electron chi connectivity index (χ2n) is 6.93. The van der Waals surface area contributed by atoms with Gasteiger partial charge in [0.1, 0.15) is 5.76 Å². The first-order valence-electron chi connectivity index (χ1n) is 8.67. The minimum atomic E-state index is -3.39. The fourth-order valence-electron chi connectivity index (χ4n) is 3.74. The molecule has 0 bridgehead atoms. The van der Waals surface area contributed by atoms with Crippen molar-refractivity contribution in [2.45, 2.75) is 31.7 Å². The van der Waals surface area contributed by atoms with Crippen molar-refractivity contribution < 1.29 is 12.8 Å². The third-order valence-electron chi connectivity index (χ3n) is 5.24. The normalized spacial score (nSPS) is 28.4. The molecule has 3 heterocycles. The highest BCUT2D eigenvalue weighted by atomic mass is 32.2. The van der Waals surface area contributed by atoms with E-state index in [1.54, 1.807) is 14.9 Å². The molecule has 1 aromatic rings. The Bertz CT molecular complexity index is 619. The average Bonchev–Trinajstić information content (AvgIpc) is 3.05. The van der Waals surface area contributed by atoms with Crippen molar-refractivity contribution in [3.05, 3.63) is 24.2 Å². The number of rotatable bonds is 5. The zero-order chi connectivity index (χ0) is 15.9. The summed E-state index contributed by atoms with van der Waals surface area (Å²) in [4.78, 5) is 2.41. The van der Waals surface area contributed by atoms with Gasteiger partial charge in [0, 0.05) is 39.3 Å². The first-order valence-corrected chi connectivity index (χ1v) is 10.1. The highest BCUT2D eigenvalue weighted by molar-refractivity contribution is 7.86. The predicted molar refractivity (Wildman–Crippen MR) is 87.0 cm³/mol. The van der Waals surface area contributed by atoms with Gasteiger partial charge < -0.3 is 9.32 Å². The largest absolute Gasteiger partial charge is 0.468 e. The molecule has 6 nitrogen and oxygen atoms in total. The third kappa shape index (κ3) is 3.20. The Kier molecular flexibility index (Phi) is 4.21. The molecule has 1 aromatic heterocycles. The Morgan fingerprint density at radius 1 is 1.09 bits per heavy atom. The number of nitrogens with zero attached hydrogens (tertiary/aromatic N) is 3. The van der Waals surface area contributed by atoms with E-state index >= 15 is 0 Å². The lowest BCUT2D eigenvalue weighted by Crippen LogP contribution is -2.53. The van der Waals surface area contributed by atoms with Crippen molar-refractivity contribution in [3.8, 4) is 0 Å². The van der Waals surface area contributed by atoms with Gasteiger partial charge in [-0.05, 0) is 43.7 Å². The number of hydrogen-bond donors (Lipinski definition) is 0. The van der Waals surface area contributed by atoms with Crippen molar-refractivity contribution >= 4 is 10.2 Å². The molecule has 1 saturated carbocycles. The number of furan rings is 1. The van der Waals surface area contributed by atoms with Gasteiger partial charge in [0.2, 0.25) is 0 Å². The van der Waals surface area contributed by atoms with Crippen LogP contribution in [0.15, 0.2) is 22.8 Å². The standard InChI is InChI=1S/C16H25N3O3S/c20-23(21,18-10-8-17(9-11-18)13-14-5-6-14)19-7-1-3-15(19)16-4-2-12-22-16/h2,4,12,14-15H,1,3,5-11,13H2/t15-/m1/s1. The maximum atomic E-state index is 13.0. The van der Waals surface area contributed by atoms with Gasteiger partial charge in [0.15, 0.2) is 0 Å². The molecular formula is C16H25N3O3S. The predicted octanol–water partition coefficient (Wildman–Crippen LogP) is 1.69. The molecule has 1 aliphatic carbocycles. The van der Waals surface area contributed by atoms with E-state index in [0.29, 0.717) is 19.6 Å². The lowest BCUT2D eigenvalue weighted by atomic mass is 10.2. The summed E-state index contributed by atoms with van der Waals surface area (Å²) in [5, 5.41) is 0. The Labute approximate surface area is 138 Å². The van der Waals surface area contributed by atoms with Crippen LogP contribution >= 0.6 is 0 Å². The molecule has 0 amide bonds. The topological polar surface area (TPSA) is 57.0 Å². The number of piperazine rings is 1. The zero-order valence-corrected chi connectivity index (χ0v) is 14.2. The van der Waals surface area contributed by atoms with E-state index in [1.807, 2.05) is 12.1 Å². The van der Waals surface area contributed by atoms with E-state index in [2.05, 4.69) is 4.90 Å². The van der Waals surface area contributed by atoms with Crippen molar-refractivity contribution in [1.29, 1.82) is 0 Å². The van der Waals surface area contributed by atoms with Gasteiger partial charge in [-0.1, -0.05) is 0 Å². The van der Waals surface area contributed by atoms with Gasteiger partial charge in [0.25, 0.3) is 10.2 Å². The quantitative estimate of drug-likeness (QED) is 0.819. The van der Waals surface area contributed by atoms with Crippen LogP contribution < -0.4 is 0 Å². The molecule has 3 aliphatic rings. The average molecular weight is 339 g/mol. The second-order valence-corrected chi connectivity index (χ2v) is 8.82. The van der Waals surface area contributed by atoms with Crippen molar-refractivity contribution in [2.75, 3.05) is 39.3 Å². The monoisotopic (exact) mass is 339 g/mol. The fraction of sp³-hybridized carbons (Fsp3) is 0.750. The van der Waals surface area contributed by atoms with Crippen LogP contribution in [-0.2, 0) is 10.2 Å². The molecule has 7 heteroatoms. The minimum Gasteiger partial charge on any atom is -0.468 e. The molecule has 1 atom stereocenters. The maximum absolute atomic E-state index is 13.0. The Balaban J connectivity index is 1.43. The van der Waals surface area contributed by atoms with E-state index in [1.165, 1.54) is 12.8 Å². The van der Waals surface area contributed by atoms with Crippen LogP contribution in [0.4, 0.5) is 0 Å². The second kappa shape index (κ2) is 6.20. The lowest BCUT2D eigenvalue weighted by Gasteiger charge is -2.37. The Morgan fingerprint density at radius 3 is 2.52 bits per heavy atom. The summed E-state index contributed by atoms with van der Waals surface area (Å²) in [5.41, 5.74) is 0. The lowest BCUT2D eigenvalue weighted by molar-refractivity contribution is 0.173. The van der Waals surface area contributed by atoms with Crippen molar-refractivity contribution in [2.24, 2.45) is 5.92 Å². The van der Waals surface area contributed by atoms with Crippen LogP contribution in [0.2, 0.25) is 0 Å². The third-order valence-corrected chi connectivity index (χ3v) is 7.29. The molecule has 0 aromatic carbocycles. The Hall–Kier alpha value is -0.890. The van der Waals surface area contributed by atoms with Gasteiger partial charge in [-0.15, -0.1) is 0 Å². The summed E-state index contributed by atoms with van der Waals surface area (Å²) in [6, 6.07) is 3.57. The minimum absolute atomic E-state index is 0.139. The molecule has 2 aliphatic heterocycles.